The molecule has 11 nitrogen and oxygen atoms in total. The normalized spacial score (nSPS) is 11.1. The molecule has 1 aromatic heterocycles. The van der Waals surface area contributed by atoms with Crippen LogP contribution in [0, 0.1) is 17.0 Å². The second-order valence-electron chi connectivity index (χ2n) is 7.08. The maximum Gasteiger partial charge on any atom is 0.321 e. The number of carbonyl (C=O) groups is 1. The van der Waals surface area contributed by atoms with E-state index in [0.29, 0.717) is 11.5 Å². The molecule has 180 valence electrons. The summed E-state index contributed by atoms with van der Waals surface area (Å²) in [5.41, 5.74) is 0.759. The minimum Gasteiger partial charge on any atom is -0.490 e. The lowest BCUT2D eigenvalue weighted by Gasteiger charge is -2.10. The number of anilines is 1. The molecule has 0 amide bonds. The van der Waals surface area contributed by atoms with Gasteiger partial charge >= 0.3 is 5.97 Å². The fraction of sp³-hybridized carbons (Fsp3) is 0.227. The van der Waals surface area contributed by atoms with Crippen molar-refractivity contribution in [1.82, 2.24) is 4.72 Å². The van der Waals surface area contributed by atoms with Crippen LogP contribution in [-0.2, 0) is 26.1 Å². The third-order valence-corrected chi connectivity index (χ3v) is 5.95. The van der Waals surface area contributed by atoms with Crippen LogP contribution < -0.4 is 14.8 Å². The van der Waals surface area contributed by atoms with Gasteiger partial charge in [-0.3, -0.25) is 14.9 Å². The number of esters is 1. The molecular weight excluding hydrogens is 466 g/mol. The Morgan fingerprint density at radius 3 is 2.56 bits per heavy atom. The molecular formula is C22H23N3O8S. The first kappa shape index (κ1) is 24.7. The van der Waals surface area contributed by atoms with Gasteiger partial charge in [0.15, 0.2) is 0 Å². The topological polar surface area (TPSA) is 150 Å². The first-order valence-corrected chi connectivity index (χ1v) is 11.6. The number of nitrogens with one attached hydrogen (secondary N) is 2. The van der Waals surface area contributed by atoms with Crippen molar-refractivity contribution in [2.75, 3.05) is 25.1 Å². The fourth-order valence-corrected chi connectivity index (χ4v) is 3.80. The largest absolute Gasteiger partial charge is 0.490 e. The molecule has 0 aliphatic rings. The van der Waals surface area contributed by atoms with Crippen molar-refractivity contribution >= 4 is 27.4 Å². The Labute approximate surface area is 195 Å². The van der Waals surface area contributed by atoms with Gasteiger partial charge in [0.2, 0.25) is 10.0 Å². The Balaban J connectivity index is 1.51. The number of nitro benzene ring substituents is 1. The first-order chi connectivity index (χ1) is 16.2. The van der Waals surface area contributed by atoms with Crippen molar-refractivity contribution in [2.45, 2.75) is 18.4 Å². The SMILES string of the molecule is Cc1ccc(OCCOC(=O)CNS(=O)(=O)c2ccc(NCc3ccco3)c([N+](=O)[O-])c2)cc1. The van der Waals surface area contributed by atoms with Gasteiger partial charge in [0.25, 0.3) is 5.69 Å². The lowest BCUT2D eigenvalue weighted by Crippen LogP contribution is -2.31. The Bertz CT molecular complexity index is 1230. The summed E-state index contributed by atoms with van der Waals surface area (Å²) in [6.07, 6.45) is 1.47. The molecule has 0 atom stereocenters. The molecule has 3 aromatic rings. The summed E-state index contributed by atoms with van der Waals surface area (Å²) in [5, 5.41) is 14.3. The number of benzene rings is 2. The molecule has 2 aromatic carbocycles. The summed E-state index contributed by atoms with van der Waals surface area (Å²) in [7, 11) is -4.20. The van der Waals surface area contributed by atoms with Crippen LogP contribution in [0.25, 0.3) is 0 Å². The number of aryl methyl sites for hydroxylation is 1. The van der Waals surface area contributed by atoms with Crippen molar-refractivity contribution in [3.63, 3.8) is 0 Å². The van der Waals surface area contributed by atoms with E-state index in [2.05, 4.69) is 10.0 Å². The maximum atomic E-state index is 12.5. The Morgan fingerprint density at radius 1 is 1.12 bits per heavy atom. The van der Waals surface area contributed by atoms with Crippen LogP contribution in [0.4, 0.5) is 11.4 Å². The van der Waals surface area contributed by atoms with Gasteiger partial charge in [-0.25, -0.2) is 8.42 Å². The van der Waals surface area contributed by atoms with E-state index in [-0.39, 0.29) is 30.3 Å². The number of rotatable bonds is 12. The average Bonchev–Trinajstić information content (AvgIpc) is 3.34. The lowest BCUT2D eigenvalue weighted by atomic mass is 10.2. The Hall–Kier alpha value is -3.90. The van der Waals surface area contributed by atoms with E-state index in [9.17, 15) is 23.3 Å². The zero-order valence-electron chi connectivity index (χ0n) is 18.2. The van der Waals surface area contributed by atoms with E-state index >= 15 is 0 Å². The molecule has 0 aliphatic heterocycles. The van der Waals surface area contributed by atoms with Gasteiger partial charge in [0.05, 0.1) is 22.6 Å². The number of ether oxygens (including phenoxy) is 2. The van der Waals surface area contributed by atoms with Gasteiger partial charge in [-0.2, -0.15) is 4.72 Å². The first-order valence-electron chi connectivity index (χ1n) is 10.1. The van der Waals surface area contributed by atoms with Crippen molar-refractivity contribution < 1.29 is 32.0 Å². The molecule has 0 spiro atoms. The van der Waals surface area contributed by atoms with E-state index in [4.69, 9.17) is 13.9 Å². The van der Waals surface area contributed by atoms with Gasteiger partial charge in [-0.1, -0.05) is 17.7 Å². The molecule has 1 heterocycles. The van der Waals surface area contributed by atoms with Crippen LogP contribution in [-0.4, -0.2) is 39.1 Å². The van der Waals surface area contributed by atoms with E-state index in [1.54, 1.807) is 24.3 Å². The van der Waals surface area contributed by atoms with Crippen molar-refractivity contribution in [3.05, 3.63) is 82.3 Å². The van der Waals surface area contributed by atoms with Gasteiger partial charge < -0.3 is 19.2 Å². The van der Waals surface area contributed by atoms with Gasteiger partial charge in [0, 0.05) is 6.07 Å². The molecule has 0 saturated heterocycles. The quantitative estimate of drug-likeness (QED) is 0.169. The summed E-state index contributed by atoms with van der Waals surface area (Å²) >= 11 is 0. The summed E-state index contributed by atoms with van der Waals surface area (Å²) < 4.78 is 42.6. The Morgan fingerprint density at radius 2 is 1.88 bits per heavy atom. The molecule has 34 heavy (non-hydrogen) atoms. The van der Waals surface area contributed by atoms with Crippen LogP contribution in [0.15, 0.2) is 70.2 Å². The number of furan rings is 1. The molecule has 0 bridgehead atoms. The molecule has 3 rings (SSSR count). The van der Waals surface area contributed by atoms with Gasteiger partial charge in [-0.05, 0) is 43.3 Å². The highest BCUT2D eigenvalue weighted by molar-refractivity contribution is 7.89. The van der Waals surface area contributed by atoms with Crippen LogP contribution in [0.2, 0.25) is 0 Å². The monoisotopic (exact) mass is 489 g/mol. The number of hydrogen-bond donors (Lipinski definition) is 2. The summed E-state index contributed by atoms with van der Waals surface area (Å²) in [4.78, 5) is 22.2. The smallest absolute Gasteiger partial charge is 0.321 e. The van der Waals surface area contributed by atoms with Crippen molar-refractivity contribution in [3.8, 4) is 5.75 Å². The summed E-state index contributed by atoms with van der Waals surface area (Å²) in [6.45, 7) is 1.51. The minimum atomic E-state index is -4.20. The molecule has 0 unspecified atom stereocenters. The molecule has 0 radical (unpaired) electrons. The number of sulfonamides is 1. The van der Waals surface area contributed by atoms with Crippen LogP contribution >= 0.6 is 0 Å². The second kappa shape index (κ2) is 11.3. The van der Waals surface area contributed by atoms with Crippen LogP contribution in [0.3, 0.4) is 0 Å². The lowest BCUT2D eigenvalue weighted by molar-refractivity contribution is -0.384. The fourth-order valence-electron chi connectivity index (χ4n) is 2.81. The number of carbonyl (C=O) groups excluding carboxylic acids is 1. The molecule has 2 N–H and O–H groups in total. The second-order valence-corrected chi connectivity index (χ2v) is 8.84. The number of nitro groups is 1. The highest BCUT2D eigenvalue weighted by Crippen LogP contribution is 2.28. The predicted octanol–water partition coefficient (Wildman–Crippen LogP) is 3.01. The third kappa shape index (κ3) is 7.05. The van der Waals surface area contributed by atoms with E-state index in [1.165, 1.54) is 18.4 Å². The highest BCUT2D eigenvalue weighted by Gasteiger charge is 2.22. The standard InChI is InChI=1S/C22H23N3O8S/c1-16-4-6-17(7-5-16)32-11-12-33-22(26)15-24-34(29,30)19-8-9-20(21(13-19)25(27)28)23-14-18-3-2-10-31-18/h2-10,13,23-24H,11-12,14-15H2,1H3. The molecule has 0 aliphatic carbocycles. The van der Waals surface area contributed by atoms with Crippen LogP contribution in [0.1, 0.15) is 11.3 Å². The zero-order chi connectivity index (χ0) is 24.6. The van der Waals surface area contributed by atoms with Crippen molar-refractivity contribution in [1.29, 1.82) is 0 Å². The molecule has 0 saturated carbocycles. The third-order valence-electron chi connectivity index (χ3n) is 4.55. The van der Waals surface area contributed by atoms with E-state index in [0.717, 1.165) is 11.6 Å². The van der Waals surface area contributed by atoms with Crippen LogP contribution in [0.5, 0.6) is 5.75 Å². The average molecular weight is 490 g/mol. The number of hydrogen-bond acceptors (Lipinski definition) is 9. The van der Waals surface area contributed by atoms with E-state index < -0.39 is 33.1 Å². The summed E-state index contributed by atoms with van der Waals surface area (Å²) in [5.74, 6) is 0.351. The zero-order valence-corrected chi connectivity index (χ0v) is 19.0. The molecule has 0 fully saturated rings. The summed E-state index contributed by atoms with van der Waals surface area (Å²) in [6, 6.07) is 14.1. The van der Waals surface area contributed by atoms with Gasteiger partial charge in [0.1, 0.15) is 37.0 Å². The molecule has 12 heteroatoms. The predicted molar refractivity (Wildman–Crippen MR) is 122 cm³/mol. The number of nitrogens with zero attached hydrogens (tertiary/aromatic N) is 1. The van der Waals surface area contributed by atoms with Gasteiger partial charge in [-0.15, -0.1) is 0 Å². The van der Waals surface area contributed by atoms with E-state index in [1.807, 2.05) is 19.1 Å². The van der Waals surface area contributed by atoms with Crippen molar-refractivity contribution in [2.24, 2.45) is 0 Å². The maximum absolute atomic E-state index is 12.5. The highest BCUT2D eigenvalue weighted by atomic mass is 32.2. The minimum absolute atomic E-state index is 0.0735. The Kier molecular flexibility index (Phi) is 8.22.